The summed E-state index contributed by atoms with van der Waals surface area (Å²) in [6.45, 7) is 6.98. The summed E-state index contributed by atoms with van der Waals surface area (Å²) in [6, 6.07) is 0. The second-order valence-electron chi connectivity index (χ2n) is 5.35. The lowest BCUT2D eigenvalue weighted by molar-refractivity contribution is -0.169. The van der Waals surface area contributed by atoms with Gasteiger partial charge in [-0.25, -0.2) is 0 Å². The molecule has 0 radical (unpaired) electrons. The third-order valence-electron chi connectivity index (χ3n) is 2.92. The smallest absolute Gasteiger partial charge is 0.320 e. The lowest BCUT2D eigenvalue weighted by Gasteiger charge is -2.28. The minimum Gasteiger partial charge on any atom is -0.459 e. The molecule has 1 aliphatic rings. The van der Waals surface area contributed by atoms with Crippen LogP contribution in [0, 0.1) is 5.41 Å². The Bertz CT molecular complexity index is 267. The molecule has 0 N–H and O–H groups in total. The minimum absolute atomic E-state index is 0.0470. The van der Waals surface area contributed by atoms with Crippen LogP contribution in [-0.4, -0.2) is 17.4 Å². The molecule has 0 saturated heterocycles. The first-order valence-electron chi connectivity index (χ1n) is 5.52. The van der Waals surface area contributed by atoms with Crippen LogP contribution in [0.3, 0.4) is 0 Å². The summed E-state index contributed by atoms with van der Waals surface area (Å²) in [6.07, 6.45) is 3.19. The highest BCUT2D eigenvalue weighted by molar-refractivity contribution is 6.03. The van der Waals surface area contributed by atoms with Crippen molar-refractivity contribution in [2.75, 3.05) is 0 Å². The summed E-state index contributed by atoms with van der Waals surface area (Å²) in [4.78, 5) is 23.6. The monoisotopic (exact) mass is 212 g/mol. The zero-order valence-corrected chi connectivity index (χ0v) is 10.1. The van der Waals surface area contributed by atoms with Gasteiger partial charge in [-0.2, -0.15) is 0 Å². The van der Waals surface area contributed by atoms with Gasteiger partial charge in [0.25, 0.3) is 0 Å². The second-order valence-corrected chi connectivity index (χ2v) is 5.35. The van der Waals surface area contributed by atoms with Gasteiger partial charge < -0.3 is 4.74 Å². The molecule has 0 spiro atoms. The van der Waals surface area contributed by atoms with Gasteiger partial charge in [-0.1, -0.05) is 12.8 Å². The van der Waals surface area contributed by atoms with Gasteiger partial charge in [0.05, 0.1) is 0 Å². The Balaban J connectivity index is 2.82. The highest BCUT2D eigenvalue weighted by Crippen LogP contribution is 2.40. The van der Waals surface area contributed by atoms with Gasteiger partial charge in [0.1, 0.15) is 16.8 Å². The number of esters is 1. The number of hydrogen-bond donors (Lipinski definition) is 0. The minimum atomic E-state index is -0.840. The van der Waals surface area contributed by atoms with Gasteiger partial charge in [-0.15, -0.1) is 0 Å². The van der Waals surface area contributed by atoms with Crippen LogP contribution in [0.2, 0.25) is 0 Å². The van der Waals surface area contributed by atoms with E-state index in [0.717, 1.165) is 12.8 Å². The summed E-state index contributed by atoms with van der Waals surface area (Å²) in [5, 5.41) is 0. The highest BCUT2D eigenvalue weighted by atomic mass is 16.6. The van der Waals surface area contributed by atoms with Crippen LogP contribution in [0.15, 0.2) is 0 Å². The number of ether oxygens (including phenoxy) is 1. The number of Topliss-reactive ketones (excluding diaryl/α,β-unsaturated/α-hetero) is 1. The molecule has 3 heteroatoms. The van der Waals surface area contributed by atoms with Crippen molar-refractivity contribution in [1.29, 1.82) is 0 Å². The third kappa shape index (κ3) is 2.58. The molecule has 1 fully saturated rings. The van der Waals surface area contributed by atoms with Crippen molar-refractivity contribution in [3.8, 4) is 0 Å². The Morgan fingerprint density at radius 2 is 1.60 bits per heavy atom. The Morgan fingerprint density at radius 1 is 1.13 bits per heavy atom. The van der Waals surface area contributed by atoms with Gasteiger partial charge in [0.2, 0.25) is 0 Å². The van der Waals surface area contributed by atoms with Crippen molar-refractivity contribution < 1.29 is 14.3 Å². The molecule has 15 heavy (non-hydrogen) atoms. The summed E-state index contributed by atoms with van der Waals surface area (Å²) >= 11 is 0. The first kappa shape index (κ1) is 12.2. The quantitative estimate of drug-likeness (QED) is 0.521. The first-order chi connectivity index (χ1) is 6.78. The molecular weight excluding hydrogens is 192 g/mol. The number of hydrogen-bond acceptors (Lipinski definition) is 3. The van der Waals surface area contributed by atoms with Crippen LogP contribution in [0.1, 0.15) is 53.4 Å². The zero-order valence-electron chi connectivity index (χ0n) is 10.1. The molecule has 86 valence electrons. The number of rotatable bonds is 2. The van der Waals surface area contributed by atoms with Crippen molar-refractivity contribution in [1.82, 2.24) is 0 Å². The fraction of sp³-hybridized carbons (Fsp3) is 0.833. The highest BCUT2D eigenvalue weighted by Gasteiger charge is 2.47. The SMILES string of the molecule is CC(=O)C1(C(=O)OC(C)(C)C)CCCC1. The van der Waals surface area contributed by atoms with E-state index < -0.39 is 11.0 Å². The van der Waals surface area contributed by atoms with Crippen LogP contribution in [-0.2, 0) is 14.3 Å². The van der Waals surface area contributed by atoms with Crippen LogP contribution in [0.25, 0.3) is 0 Å². The van der Waals surface area contributed by atoms with Crippen molar-refractivity contribution in [3.05, 3.63) is 0 Å². The molecule has 0 aromatic carbocycles. The molecule has 0 aromatic heterocycles. The average molecular weight is 212 g/mol. The van der Waals surface area contributed by atoms with E-state index in [4.69, 9.17) is 4.74 Å². The van der Waals surface area contributed by atoms with Crippen LogP contribution in [0.4, 0.5) is 0 Å². The Morgan fingerprint density at radius 3 is 1.93 bits per heavy atom. The summed E-state index contributed by atoms with van der Waals surface area (Å²) < 4.78 is 5.33. The van der Waals surface area contributed by atoms with Crippen LogP contribution < -0.4 is 0 Å². The molecule has 1 aliphatic carbocycles. The van der Waals surface area contributed by atoms with E-state index in [-0.39, 0.29) is 11.8 Å². The van der Waals surface area contributed by atoms with Crippen molar-refractivity contribution in [3.63, 3.8) is 0 Å². The number of carbonyl (C=O) groups excluding carboxylic acids is 2. The fourth-order valence-electron chi connectivity index (χ4n) is 2.05. The maximum absolute atomic E-state index is 12.0. The van der Waals surface area contributed by atoms with E-state index in [1.54, 1.807) is 0 Å². The largest absolute Gasteiger partial charge is 0.459 e. The van der Waals surface area contributed by atoms with Crippen molar-refractivity contribution >= 4 is 11.8 Å². The number of ketones is 1. The molecule has 1 saturated carbocycles. The van der Waals surface area contributed by atoms with E-state index in [9.17, 15) is 9.59 Å². The van der Waals surface area contributed by atoms with Gasteiger partial charge in [-0.05, 0) is 40.5 Å². The lowest BCUT2D eigenvalue weighted by atomic mass is 9.82. The Kier molecular flexibility index (Phi) is 3.22. The predicted octanol–water partition coefficient (Wildman–Crippen LogP) is 2.48. The molecule has 0 unspecified atom stereocenters. The van der Waals surface area contributed by atoms with E-state index in [1.807, 2.05) is 20.8 Å². The van der Waals surface area contributed by atoms with Gasteiger partial charge in [0, 0.05) is 0 Å². The van der Waals surface area contributed by atoms with E-state index in [0.29, 0.717) is 12.8 Å². The Labute approximate surface area is 91.2 Å². The molecular formula is C12H20O3. The Hall–Kier alpha value is -0.860. The van der Waals surface area contributed by atoms with E-state index in [2.05, 4.69) is 0 Å². The van der Waals surface area contributed by atoms with Crippen LogP contribution >= 0.6 is 0 Å². The van der Waals surface area contributed by atoms with E-state index in [1.165, 1.54) is 6.92 Å². The molecule has 0 heterocycles. The molecule has 3 nitrogen and oxygen atoms in total. The summed E-state index contributed by atoms with van der Waals surface area (Å²) in [5.41, 5.74) is -1.35. The van der Waals surface area contributed by atoms with Gasteiger partial charge >= 0.3 is 5.97 Å². The predicted molar refractivity (Wildman–Crippen MR) is 57.4 cm³/mol. The van der Waals surface area contributed by atoms with Crippen LogP contribution in [0.5, 0.6) is 0 Å². The average Bonchev–Trinajstić information content (AvgIpc) is 2.48. The maximum Gasteiger partial charge on any atom is 0.320 e. The molecule has 0 aliphatic heterocycles. The third-order valence-corrected chi connectivity index (χ3v) is 2.92. The maximum atomic E-state index is 12.0. The zero-order chi connectivity index (χ0) is 11.7. The lowest BCUT2D eigenvalue weighted by Crippen LogP contribution is -2.40. The first-order valence-corrected chi connectivity index (χ1v) is 5.52. The topological polar surface area (TPSA) is 43.4 Å². The molecule has 0 bridgehead atoms. The normalized spacial score (nSPS) is 20.0. The van der Waals surface area contributed by atoms with Crippen molar-refractivity contribution in [2.24, 2.45) is 5.41 Å². The van der Waals surface area contributed by atoms with Gasteiger partial charge in [0.15, 0.2) is 0 Å². The van der Waals surface area contributed by atoms with E-state index >= 15 is 0 Å². The second kappa shape index (κ2) is 3.95. The standard InChI is InChI=1S/C12H20O3/c1-9(13)12(7-5-6-8-12)10(14)15-11(2,3)4/h5-8H2,1-4H3. The van der Waals surface area contributed by atoms with Gasteiger partial charge in [-0.3, -0.25) is 9.59 Å². The molecule has 0 aromatic rings. The van der Waals surface area contributed by atoms with Crippen molar-refractivity contribution in [2.45, 2.75) is 59.0 Å². The fourth-order valence-corrected chi connectivity index (χ4v) is 2.05. The molecule has 0 amide bonds. The number of carbonyl (C=O) groups is 2. The molecule has 1 rings (SSSR count). The summed E-state index contributed by atoms with van der Waals surface area (Å²) in [7, 11) is 0. The summed E-state index contributed by atoms with van der Waals surface area (Å²) in [5.74, 6) is -0.380. The molecule has 0 atom stereocenters.